The van der Waals surface area contributed by atoms with Gasteiger partial charge in [-0.05, 0) is 37.2 Å². The molecule has 0 bridgehead atoms. The lowest BCUT2D eigenvalue weighted by atomic mass is 10.1. The zero-order valence-electron chi connectivity index (χ0n) is 9.59. The first kappa shape index (κ1) is 14.0. The minimum atomic E-state index is 0.179. The molecule has 1 atom stereocenters. The second kappa shape index (κ2) is 7.28. The SMILES string of the molecule is CCNC(COCC)c1cc(Cl)ccc1Br. The van der Waals surface area contributed by atoms with Gasteiger partial charge in [0, 0.05) is 16.1 Å². The molecule has 0 saturated carbocycles. The summed E-state index contributed by atoms with van der Waals surface area (Å²) < 4.78 is 6.53. The molecule has 1 aromatic rings. The highest BCUT2D eigenvalue weighted by molar-refractivity contribution is 9.10. The molecule has 0 radical (unpaired) electrons. The summed E-state index contributed by atoms with van der Waals surface area (Å²) in [6, 6.07) is 5.99. The summed E-state index contributed by atoms with van der Waals surface area (Å²) in [4.78, 5) is 0. The first-order chi connectivity index (χ1) is 7.69. The molecule has 1 N–H and O–H groups in total. The number of ether oxygens (including phenoxy) is 1. The Morgan fingerprint density at radius 3 is 2.81 bits per heavy atom. The van der Waals surface area contributed by atoms with Crippen LogP contribution < -0.4 is 5.32 Å². The molecule has 0 aromatic heterocycles. The van der Waals surface area contributed by atoms with Crippen LogP contribution >= 0.6 is 27.5 Å². The van der Waals surface area contributed by atoms with Crippen molar-refractivity contribution in [2.45, 2.75) is 19.9 Å². The largest absolute Gasteiger partial charge is 0.380 e. The maximum Gasteiger partial charge on any atom is 0.0661 e. The van der Waals surface area contributed by atoms with Crippen molar-refractivity contribution in [1.29, 1.82) is 0 Å². The average Bonchev–Trinajstić information content (AvgIpc) is 2.28. The summed E-state index contributed by atoms with van der Waals surface area (Å²) in [5, 5.41) is 4.14. The van der Waals surface area contributed by atoms with Crippen molar-refractivity contribution < 1.29 is 4.74 Å². The Hall–Kier alpha value is -0.0900. The van der Waals surface area contributed by atoms with Crippen molar-refractivity contribution in [3.63, 3.8) is 0 Å². The Morgan fingerprint density at radius 1 is 1.44 bits per heavy atom. The highest BCUT2D eigenvalue weighted by atomic mass is 79.9. The van der Waals surface area contributed by atoms with E-state index in [-0.39, 0.29) is 6.04 Å². The molecule has 0 amide bonds. The van der Waals surface area contributed by atoms with Gasteiger partial charge in [0.2, 0.25) is 0 Å². The summed E-state index contributed by atoms with van der Waals surface area (Å²) in [5.74, 6) is 0. The summed E-state index contributed by atoms with van der Waals surface area (Å²) in [6.07, 6.45) is 0. The average molecular weight is 307 g/mol. The second-order valence-corrected chi connectivity index (χ2v) is 4.73. The van der Waals surface area contributed by atoms with Gasteiger partial charge in [-0.2, -0.15) is 0 Å². The third kappa shape index (κ3) is 4.06. The smallest absolute Gasteiger partial charge is 0.0661 e. The summed E-state index contributed by atoms with van der Waals surface area (Å²) in [5.41, 5.74) is 1.14. The molecular weight excluding hydrogens is 289 g/mol. The van der Waals surface area contributed by atoms with Crippen LogP contribution in [-0.4, -0.2) is 19.8 Å². The van der Waals surface area contributed by atoms with Crippen LogP contribution in [0.4, 0.5) is 0 Å². The van der Waals surface area contributed by atoms with Gasteiger partial charge in [-0.1, -0.05) is 34.5 Å². The number of rotatable bonds is 6. The molecule has 4 heteroatoms. The Morgan fingerprint density at radius 2 is 2.19 bits per heavy atom. The Balaban J connectivity index is 2.85. The fourth-order valence-corrected chi connectivity index (χ4v) is 2.23. The maximum absolute atomic E-state index is 6.01. The summed E-state index contributed by atoms with van der Waals surface area (Å²) >= 11 is 9.54. The molecule has 1 unspecified atom stereocenters. The molecule has 0 aliphatic heterocycles. The molecular formula is C12H17BrClNO. The van der Waals surface area contributed by atoms with Gasteiger partial charge >= 0.3 is 0 Å². The minimum Gasteiger partial charge on any atom is -0.380 e. The summed E-state index contributed by atoms with van der Waals surface area (Å²) in [7, 11) is 0. The van der Waals surface area contributed by atoms with Crippen molar-refractivity contribution in [2.24, 2.45) is 0 Å². The number of likely N-dealkylation sites (N-methyl/N-ethyl adjacent to an activating group) is 1. The van der Waals surface area contributed by atoms with E-state index in [0.717, 1.165) is 28.2 Å². The van der Waals surface area contributed by atoms with E-state index in [1.807, 2.05) is 25.1 Å². The zero-order chi connectivity index (χ0) is 12.0. The highest BCUT2D eigenvalue weighted by Crippen LogP contribution is 2.27. The standard InChI is InChI=1S/C12H17BrClNO/c1-3-15-12(8-16-4-2)10-7-9(14)5-6-11(10)13/h5-7,12,15H,3-4,8H2,1-2H3. The van der Waals surface area contributed by atoms with Gasteiger partial charge in [-0.15, -0.1) is 0 Å². The van der Waals surface area contributed by atoms with Gasteiger partial charge in [-0.3, -0.25) is 0 Å². The van der Waals surface area contributed by atoms with Crippen molar-refractivity contribution in [3.05, 3.63) is 33.3 Å². The first-order valence-corrected chi connectivity index (χ1v) is 6.62. The van der Waals surface area contributed by atoms with E-state index in [1.54, 1.807) is 0 Å². The van der Waals surface area contributed by atoms with Crippen LogP contribution in [0.3, 0.4) is 0 Å². The van der Waals surface area contributed by atoms with Crippen LogP contribution in [0.15, 0.2) is 22.7 Å². The van der Waals surface area contributed by atoms with Gasteiger partial charge in [0.1, 0.15) is 0 Å². The molecule has 1 rings (SSSR count). The van der Waals surface area contributed by atoms with Gasteiger partial charge in [0.15, 0.2) is 0 Å². The Bertz CT molecular complexity index is 333. The molecule has 0 aliphatic rings. The monoisotopic (exact) mass is 305 g/mol. The number of halogens is 2. The summed E-state index contributed by atoms with van der Waals surface area (Å²) in [6.45, 7) is 6.35. The predicted molar refractivity (Wildman–Crippen MR) is 72.1 cm³/mol. The van der Waals surface area contributed by atoms with E-state index in [9.17, 15) is 0 Å². The lowest BCUT2D eigenvalue weighted by molar-refractivity contribution is 0.123. The quantitative estimate of drug-likeness (QED) is 0.863. The molecule has 0 fully saturated rings. The normalized spacial score (nSPS) is 12.8. The number of hydrogen-bond donors (Lipinski definition) is 1. The predicted octanol–water partition coefficient (Wildman–Crippen LogP) is 3.79. The molecule has 0 spiro atoms. The van der Waals surface area contributed by atoms with Crippen molar-refractivity contribution >= 4 is 27.5 Å². The molecule has 2 nitrogen and oxygen atoms in total. The lowest BCUT2D eigenvalue weighted by Gasteiger charge is -2.19. The van der Waals surface area contributed by atoms with Crippen LogP contribution in [0.2, 0.25) is 5.02 Å². The van der Waals surface area contributed by atoms with Crippen LogP contribution in [0.25, 0.3) is 0 Å². The number of nitrogens with one attached hydrogen (secondary N) is 1. The minimum absolute atomic E-state index is 0.179. The van der Waals surface area contributed by atoms with Gasteiger partial charge in [0.05, 0.1) is 12.6 Å². The van der Waals surface area contributed by atoms with E-state index in [1.165, 1.54) is 0 Å². The molecule has 0 aliphatic carbocycles. The van der Waals surface area contributed by atoms with E-state index in [2.05, 4.69) is 28.2 Å². The van der Waals surface area contributed by atoms with E-state index in [0.29, 0.717) is 6.61 Å². The topological polar surface area (TPSA) is 21.3 Å². The lowest BCUT2D eigenvalue weighted by Crippen LogP contribution is -2.25. The zero-order valence-corrected chi connectivity index (χ0v) is 11.9. The van der Waals surface area contributed by atoms with Crippen LogP contribution in [0.1, 0.15) is 25.5 Å². The molecule has 90 valence electrons. The van der Waals surface area contributed by atoms with Crippen LogP contribution in [-0.2, 0) is 4.74 Å². The van der Waals surface area contributed by atoms with Crippen LogP contribution in [0, 0.1) is 0 Å². The number of hydrogen-bond acceptors (Lipinski definition) is 2. The van der Waals surface area contributed by atoms with Crippen molar-refractivity contribution in [1.82, 2.24) is 5.32 Å². The van der Waals surface area contributed by atoms with Crippen molar-refractivity contribution in [2.75, 3.05) is 19.8 Å². The fraction of sp³-hybridized carbons (Fsp3) is 0.500. The Kier molecular flexibility index (Phi) is 6.36. The molecule has 1 aromatic carbocycles. The third-order valence-corrected chi connectivity index (χ3v) is 3.23. The first-order valence-electron chi connectivity index (χ1n) is 5.45. The molecule has 0 heterocycles. The van der Waals surface area contributed by atoms with Gasteiger partial charge in [-0.25, -0.2) is 0 Å². The van der Waals surface area contributed by atoms with E-state index < -0.39 is 0 Å². The van der Waals surface area contributed by atoms with Gasteiger partial charge in [0.25, 0.3) is 0 Å². The highest BCUT2D eigenvalue weighted by Gasteiger charge is 2.13. The number of benzene rings is 1. The Labute approximate surface area is 110 Å². The maximum atomic E-state index is 6.01. The molecule has 16 heavy (non-hydrogen) atoms. The van der Waals surface area contributed by atoms with Crippen molar-refractivity contribution in [3.8, 4) is 0 Å². The second-order valence-electron chi connectivity index (χ2n) is 3.44. The molecule has 0 saturated heterocycles. The van der Waals surface area contributed by atoms with E-state index in [4.69, 9.17) is 16.3 Å². The third-order valence-electron chi connectivity index (χ3n) is 2.27. The van der Waals surface area contributed by atoms with E-state index >= 15 is 0 Å². The van der Waals surface area contributed by atoms with Crippen LogP contribution in [0.5, 0.6) is 0 Å². The van der Waals surface area contributed by atoms with Gasteiger partial charge < -0.3 is 10.1 Å². The fourth-order valence-electron chi connectivity index (χ4n) is 1.52.